The van der Waals surface area contributed by atoms with Crippen molar-refractivity contribution in [2.75, 3.05) is 5.43 Å². The zero-order valence-corrected chi connectivity index (χ0v) is 13.1. The number of alkyl halides is 2. The first-order chi connectivity index (χ1) is 11.4. The molecule has 2 aromatic rings. The summed E-state index contributed by atoms with van der Waals surface area (Å²) in [5, 5.41) is 13.0. The molecule has 24 heavy (non-hydrogen) atoms. The fraction of sp³-hybridized carbons (Fsp3) is 0.176. The molecule has 0 spiro atoms. The molecule has 0 unspecified atom stereocenters. The number of nitrogens with zero attached hydrogens (tertiary/aromatic N) is 1. The third-order valence-electron chi connectivity index (χ3n) is 3.23. The maximum absolute atomic E-state index is 12.5. The smallest absolute Gasteiger partial charge is 0.387 e. The molecule has 7 heteroatoms. The van der Waals surface area contributed by atoms with Crippen molar-refractivity contribution in [3.63, 3.8) is 0 Å². The highest BCUT2D eigenvalue weighted by molar-refractivity contribution is 6.01. The van der Waals surface area contributed by atoms with E-state index in [0.29, 0.717) is 17.0 Å². The van der Waals surface area contributed by atoms with E-state index in [0.717, 1.165) is 5.56 Å². The maximum atomic E-state index is 12.5. The van der Waals surface area contributed by atoms with Gasteiger partial charge in [-0.1, -0.05) is 11.6 Å². The van der Waals surface area contributed by atoms with Crippen molar-refractivity contribution in [3.05, 3.63) is 59.2 Å². The van der Waals surface area contributed by atoms with Crippen LogP contribution in [0, 0.1) is 6.92 Å². The summed E-state index contributed by atoms with van der Waals surface area (Å²) in [6, 6.07) is 10.8. The summed E-state index contributed by atoms with van der Waals surface area (Å²) in [6.07, 6.45) is 0. The molecule has 0 aliphatic rings. The van der Waals surface area contributed by atoms with Crippen LogP contribution in [0.15, 0.2) is 47.6 Å². The van der Waals surface area contributed by atoms with E-state index in [9.17, 15) is 13.6 Å². The summed E-state index contributed by atoms with van der Waals surface area (Å²) in [6.45, 7) is 0.572. The van der Waals surface area contributed by atoms with Gasteiger partial charge in [0.25, 0.3) is 0 Å². The second kappa shape index (κ2) is 7.54. The molecule has 2 aromatic carbocycles. The molecule has 0 aliphatic carbocycles. The molecular formula is C17H16F2N2O3. The lowest BCUT2D eigenvalue weighted by Crippen LogP contribution is -2.08. The van der Waals surface area contributed by atoms with Crippen LogP contribution in [0.4, 0.5) is 14.5 Å². The fourth-order valence-corrected chi connectivity index (χ4v) is 2.02. The van der Waals surface area contributed by atoms with Crippen LogP contribution in [0.5, 0.6) is 5.75 Å². The van der Waals surface area contributed by atoms with Gasteiger partial charge in [-0.2, -0.15) is 13.9 Å². The van der Waals surface area contributed by atoms with Gasteiger partial charge in [0, 0.05) is 5.56 Å². The maximum Gasteiger partial charge on any atom is 0.387 e. The largest absolute Gasteiger partial charge is 0.478 e. The Labute approximate surface area is 137 Å². The Bertz CT molecular complexity index is 759. The third-order valence-corrected chi connectivity index (χ3v) is 3.23. The lowest BCUT2D eigenvalue weighted by Gasteiger charge is -2.11. The van der Waals surface area contributed by atoms with Crippen LogP contribution in [-0.4, -0.2) is 23.4 Å². The first kappa shape index (κ1) is 17.4. The number of carboxylic acid groups (broad SMARTS) is 1. The molecular weight excluding hydrogens is 318 g/mol. The van der Waals surface area contributed by atoms with E-state index in [-0.39, 0.29) is 11.3 Å². The molecule has 5 nitrogen and oxygen atoms in total. The minimum Gasteiger partial charge on any atom is -0.478 e. The van der Waals surface area contributed by atoms with Crippen molar-refractivity contribution >= 4 is 17.4 Å². The van der Waals surface area contributed by atoms with Crippen LogP contribution in [-0.2, 0) is 0 Å². The standard InChI is InChI=1S/C17H16F2N2O3/c1-10-3-8-15(24-17(18)19)14(9-10)11(2)20-21-13-6-4-12(5-7-13)16(22)23/h3-9,17,21H,1-2H3,(H,22,23). The number of rotatable bonds is 6. The molecule has 0 fully saturated rings. The van der Waals surface area contributed by atoms with Gasteiger partial charge in [-0.05, 0) is 50.2 Å². The van der Waals surface area contributed by atoms with Gasteiger partial charge in [-0.25, -0.2) is 4.79 Å². The Hall–Kier alpha value is -2.96. The van der Waals surface area contributed by atoms with E-state index < -0.39 is 12.6 Å². The summed E-state index contributed by atoms with van der Waals surface area (Å²) in [7, 11) is 0. The minimum atomic E-state index is -2.92. The number of aryl methyl sites for hydroxylation is 1. The van der Waals surface area contributed by atoms with Gasteiger partial charge in [0.05, 0.1) is 17.0 Å². The number of hydrogen-bond acceptors (Lipinski definition) is 4. The van der Waals surface area contributed by atoms with Crippen molar-refractivity contribution in [1.82, 2.24) is 0 Å². The lowest BCUT2D eigenvalue weighted by molar-refractivity contribution is -0.0499. The van der Waals surface area contributed by atoms with Crippen LogP contribution < -0.4 is 10.2 Å². The molecule has 126 valence electrons. The van der Waals surface area contributed by atoms with Gasteiger partial charge in [0.2, 0.25) is 0 Å². The molecule has 2 rings (SSSR count). The van der Waals surface area contributed by atoms with Crippen LogP contribution in [0.25, 0.3) is 0 Å². The first-order valence-electron chi connectivity index (χ1n) is 7.06. The quantitative estimate of drug-likeness (QED) is 0.615. The Balaban J connectivity index is 2.21. The number of anilines is 1. The SMILES string of the molecule is CC(=NNc1ccc(C(=O)O)cc1)c1cc(C)ccc1OC(F)F. The van der Waals surface area contributed by atoms with Crippen molar-refractivity contribution in [3.8, 4) is 5.75 Å². The van der Waals surface area contributed by atoms with E-state index in [1.54, 1.807) is 31.2 Å². The number of halogens is 2. The molecule has 0 bridgehead atoms. The predicted molar refractivity (Wildman–Crippen MR) is 87.0 cm³/mol. The summed E-state index contributed by atoms with van der Waals surface area (Å²) >= 11 is 0. The summed E-state index contributed by atoms with van der Waals surface area (Å²) in [5.74, 6) is -0.977. The molecule has 0 atom stereocenters. The number of hydrogen-bond donors (Lipinski definition) is 2. The average molecular weight is 334 g/mol. The van der Waals surface area contributed by atoms with E-state index in [1.807, 2.05) is 6.92 Å². The fourth-order valence-electron chi connectivity index (χ4n) is 2.02. The number of aromatic carboxylic acids is 1. The third kappa shape index (κ3) is 4.52. The van der Waals surface area contributed by atoms with Crippen molar-refractivity contribution in [1.29, 1.82) is 0 Å². The van der Waals surface area contributed by atoms with Crippen molar-refractivity contribution in [2.24, 2.45) is 5.10 Å². The number of hydrazone groups is 1. The highest BCUT2D eigenvalue weighted by Gasteiger charge is 2.12. The first-order valence-corrected chi connectivity index (χ1v) is 7.06. The van der Waals surface area contributed by atoms with Crippen molar-refractivity contribution in [2.45, 2.75) is 20.5 Å². The van der Waals surface area contributed by atoms with Crippen LogP contribution in [0.1, 0.15) is 28.4 Å². The van der Waals surface area contributed by atoms with Gasteiger partial charge in [-0.15, -0.1) is 0 Å². The number of carbonyl (C=O) groups is 1. The molecule has 0 aromatic heterocycles. The topological polar surface area (TPSA) is 70.9 Å². The molecule has 0 saturated heterocycles. The van der Waals surface area contributed by atoms with Crippen molar-refractivity contribution < 1.29 is 23.4 Å². The predicted octanol–water partition coefficient (Wildman–Crippen LogP) is 4.13. The second-order valence-electron chi connectivity index (χ2n) is 5.07. The van der Waals surface area contributed by atoms with Gasteiger partial charge in [0.15, 0.2) is 0 Å². The lowest BCUT2D eigenvalue weighted by atomic mass is 10.1. The Kier molecular flexibility index (Phi) is 5.47. The van der Waals surface area contributed by atoms with Gasteiger partial charge in [0.1, 0.15) is 5.75 Å². The highest BCUT2D eigenvalue weighted by Crippen LogP contribution is 2.23. The molecule has 0 saturated carbocycles. The monoisotopic (exact) mass is 334 g/mol. The highest BCUT2D eigenvalue weighted by atomic mass is 19.3. The summed E-state index contributed by atoms with van der Waals surface area (Å²) < 4.78 is 29.5. The zero-order chi connectivity index (χ0) is 17.7. The number of benzene rings is 2. The minimum absolute atomic E-state index is 0.0416. The van der Waals surface area contributed by atoms with Crippen LogP contribution >= 0.6 is 0 Å². The van der Waals surface area contributed by atoms with Gasteiger partial charge in [-0.3, -0.25) is 5.43 Å². The normalized spacial score (nSPS) is 11.5. The molecule has 0 amide bonds. The van der Waals surface area contributed by atoms with Gasteiger partial charge >= 0.3 is 12.6 Å². The number of carboxylic acids is 1. The Morgan fingerprint density at radius 2 is 1.88 bits per heavy atom. The molecule has 0 heterocycles. The van der Waals surface area contributed by atoms with E-state index in [4.69, 9.17) is 5.11 Å². The second-order valence-corrected chi connectivity index (χ2v) is 5.07. The Morgan fingerprint density at radius 1 is 1.21 bits per heavy atom. The van der Waals surface area contributed by atoms with E-state index in [1.165, 1.54) is 18.2 Å². The average Bonchev–Trinajstić information content (AvgIpc) is 2.54. The van der Waals surface area contributed by atoms with Crippen LogP contribution in [0.2, 0.25) is 0 Å². The molecule has 0 radical (unpaired) electrons. The molecule has 0 aliphatic heterocycles. The Morgan fingerprint density at radius 3 is 2.46 bits per heavy atom. The van der Waals surface area contributed by atoms with E-state index >= 15 is 0 Å². The zero-order valence-electron chi connectivity index (χ0n) is 13.1. The summed E-state index contributed by atoms with van der Waals surface area (Å²) in [4.78, 5) is 10.8. The molecule has 2 N–H and O–H groups in total. The number of ether oxygens (including phenoxy) is 1. The van der Waals surface area contributed by atoms with Gasteiger partial charge < -0.3 is 9.84 Å². The number of nitrogens with one attached hydrogen (secondary N) is 1. The summed E-state index contributed by atoms with van der Waals surface area (Å²) in [5.41, 5.74) is 5.28. The van der Waals surface area contributed by atoms with Crippen LogP contribution in [0.3, 0.4) is 0 Å². The van der Waals surface area contributed by atoms with E-state index in [2.05, 4.69) is 15.3 Å².